The van der Waals surface area contributed by atoms with Gasteiger partial charge in [-0.15, -0.1) is 0 Å². The molecule has 0 saturated heterocycles. The maximum absolute atomic E-state index is 11.7. The van der Waals surface area contributed by atoms with Gasteiger partial charge in [-0.05, 0) is 18.8 Å². The molecule has 2 amide bonds. The molecule has 0 fully saturated rings. The number of hydrogen-bond donors (Lipinski definition) is 3. The smallest absolute Gasteiger partial charge is 0.326 e. The topological polar surface area (TPSA) is 105 Å². The van der Waals surface area contributed by atoms with Crippen molar-refractivity contribution in [1.82, 2.24) is 10.6 Å². The Balaban J connectivity index is 4.42. The SMILES string of the molecule is COC(=O)CC[C@@H](NC(=O)NC(C)C(C)(C)C)C(=O)O. The number of ether oxygens (including phenoxy) is 1. The van der Waals surface area contributed by atoms with Gasteiger partial charge < -0.3 is 20.5 Å². The van der Waals surface area contributed by atoms with Gasteiger partial charge in [0, 0.05) is 12.5 Å². The summed E-state index contributed by atoms with van der Waals surface area (Å²) < 4.78 is 4.43. The van der Waals surface area contributed by atoms with Crippen molar-refractivity contribution in [3.63, 3.8) is 0 Å². The van der Waals surface area contributed by atoms with E-state index in [1.165, 1.54) is 7.11 Å². The first-order valence-electron chi connectivity index (χ1n) is 6.44. The molecule has 0 spiro atoms. The van der Waals surface area contributed by atoms with Crippen LogP contribution < -0.4 is 10.6 Å². The normalized spacial score (nSPS) is 14.1. The molecule has 20 heavy (non-hydrogen) atoms. The lowest BCUT2D eigenvalue weighted by Gasteiger charge is -2.28. The highest BCUT2D eigenvalue weighted by molar-refractivity contribution is 5.83. The van der Waals surface area contributed by atoms with Crippen molar-refractivity contribution in [2.75, 3.05) is 7.11 Å². The predicted octanol–water partition coefficient (Wildman–Crippen LogP) is 1.13. The number of amides is 2. The largest absolute Gasteiger partial charge is 0.480 e. The first kappa shape index (κ1) is 18.2. The monoisotopic (exact) mass is 288 g/mol. The molecule has 0 bridgehead atoms. The summed E-state index contributed by atoms with van der Waals surface area (Å²) in [6.07, 6.45) is -0.0815. The van der Waals surface area contributed by atoms with Crippen LogP contribution in [-0.4, -0.2) is 42.3 Å². The lowest BCUT2D eigenvalue weighted by atomic mass is 9.88. The minimum atomic E-state index is -1.19. The first-order valence-corrected chi connectivity index (χ1v) is 6.44. The van der Waals surface area contributed by atoms with E-state index < -0.39 is 24.0 Å². The molecule has 0 aliphatic heterocycles. The van der Waals surface area contributed by atoms with Crippen LogP contribution in [0.1, 0.15) is 40.5 Å². The third-order valence-corrected chi connectivity index (χ3v) is 3.11. The lowest BCUT2D eigenvalue weighted by Crippen LogP contribution is -2.51. The van der Waals surface area contributed by atoms with Gasteiger partial charge in [0.25, 0.3) is 0 Å². The number of esters is 1. The summed E-state index contributed by atoms with van der Waals surface area (Å²) >= 11 is 0. The first-order chi connectivity index (χ1) is 9.07. The fraction of sp³-hybridized carbons (Fsp3) is 0.769. The molecule has 0 saturated carbocycles. The van der Waals surface area contributed by atoms with E-state index in [2.05, 4.69) is 15.4 Å². The van der Waals surface area contributed by atoms with E-state index in [0.717, 1.165) is 0 Å². The number of urea groups is 1. The fourth-order valence-corrected chi connectivity index (χ4v) is 1.23. The van der Waals surface area contributed by atoms with Crippen LogP contribution >= 0.6 is 0 Å². The third kappa shape index (κ3) is 6.96. The molecule has 0 aromatic rings. The van der Waals surface area contributed by atoms with Gasteiger partial charge in [-0.2, -0.15) is 0 Å². The zero-order chi connectivity index (χ0) is 15.9. The van der Waals surface area contributed by atoms with Crippen molar-refractivity contribution in [2.24, 2.45) is 5.41 Å². The van der Waals surface area contributed by atoms with Gasteiger partial charge in [0.1, 0.15) is 6.04 Å². The fourth-order valence-electron chi connectivity index (χ4n) is 1.23. The van der Waals surface area contributed by atoms with Gasteiger partial charge in [-0.25, -0.2) is 9.59 Å². The second-order valence-electron chi connectivity index (χ2n) is 5.71. The Kier molecular flexibility index (Phi) is 7.02. The number of hydrogen-bond acceptors (Lipinski definition) is 4. The van der Waals surface area contributed by atoms with Crippen LogP contribution in [0, 0.1) is 5.41 Å². The highest BCUT2D eigenvalue weighted by atomic mass is 16.5. The summed E-state index contributed by atoms with van der Waals surface area (Å²) in [6, 6.07) is -1.82. The van der Waals surface area contributed by atoms with E-state index in [9.17, 15) is 14.4 Å². The zero-order valence-corrected chi connectivity index (χ0v) is 12.6. The van der Waals surface area contributed by atoms with Gasteiger partial charge >= 0.3 is 18.0 Å². The predicted molar refractivity (Wildman–Crippen MR) is 73.3 cm³/mol. The Bertz CT molecular complexity index is 362. The molecular weight excluding hydrogens is 264 g/mol. The van der Waals surface area contributed by atoms with Crippen molar-refractivity contribution in [1.29, 1.82) is 0 Å². The molecular formula is C13H24N2O5. The zero-order valence-electron chi connectivity index (χ0n) is 12.6. The molecule has 0 aromatic heterocycles. The summed E-state index contributed by atoms with van der Waals surface area (Å²) in [7, 11) is 1.23. The van der Waals surface area contributed by atoms with E-state index in [-0.39, 0.29) is 24.3 Å². The number of aliphatic carboxylic acids is 1. The van der Waals surface area contributed by atoms with Crippen molar-refractivity contribution in [3.05, 3.63) is 0 Å². The maximum Gasteiger partial charge on any atom is 0.326 e. The van der Waals surface area contributed by atoms with Gasteiger partial charge in [-0.1, -0.05) is 20.8 Å². The van der Waals surface area contributed by atoms with Crippen LogP contribution in [0.5, 0.6) is 0 Å². The number of carboxylic acids is 1. The quantitative estimate of drug-likeness (QED) is 0.635. The molecule has 3 N–H and O–H groups in total. The number of carboxylic acid groups (broad SMARTS) is 1. The Labute approximate surface area is 119 Å². The van der Waals surface area contributed by atoms with Crippen molar-refractivity contribution < 1.29 is 24.2 Å². The molecule has 0 heterocycles. The lowest BCUT2D eigenvalue weighted by molar-refractivity contribution is -0.142. The van der Waals surface area contributed by atoms with E-state index >= 15 is 0 Å². The Hall–Kier alpha value is -1.79. The standard InChI is InChI=1S/C13H24N2O5/c1-8(13(2,3)4)14-12(19)15-9(11(17)18)6-7-10(16)20-5/h8-9H,6-7H2,1-5H3,(H,17,18)(H2,14,15,19)/t8?,9-/m1/s1. The molecule has 0 aromatic carbocycles. The average molecular weight is 288 g/mol. The Morgan fingerprint density at radius 1 is 1.20 bits per heavy atom. The molecule has 0 aliphatic rings. The van der Waals surface area contributed by atoms with Crippen LogP contribution in [-0.2, 0) is 14.3 Å². The summed E-state index contributed by atoms with van der Waals surface area (Å²) in [6.45, 7) is 7.72. The molecule has 0 aliphatic carbocycles. The van der Waals surface area contributed by atoms with E-state index in [1.54, 1.807) is 0 Å². The van der Waals surface area contributed by atoms with Crippen LogP contribution in [0.4, 0.5) is 4.79 Å². The van der Waals surface area contributed by atoms with Gasteiger partial charge in [0.15, 0.2) is 0 Å². The highest BCUT2D eigenvalue weighted by Gasteiger charge is 2.25. The molecule has 7 nitrogen and oxygen atoms in total. The van der Waals surface area contributed by atoms with Crippen molar-refractivity contribution in [3.8, 4) is 0 Å². The van der Waals surface area contributed by atoms with Crippen molar-refractivity contribution in [2.45, 2.75) is 52.6 Å². The van der Waals surface area contributed by atoms with Crippen LogP contribution in [0.15, 0.2) is 0 Å². The molecule has 7 heteroatoms. The maximum atomic E-state index is 11.7. The third-order valence-electron chi connectivity index (χ3n) is 3.11. The van der Waals surface area contributed by atoms with Crippen molar-refractivity contribution >= 4 is 18.0 Å². The molecule has 116 valence electrons. The molecule has 0 radical (unpaired) electrons. The second-order valence-corrected chi connectivity index (χ2v) is 5.71. The Morgan fingerprint density at radius 2 is 1.75 bits per heavy atom. The number of rotatable bonds is 6. The van der Waals surface area contributed by atoms with Gasteiger partial charge in [0.05, 0.1) is 7.11 Å². The number of nitrogens with one attached hydrogen (secondary N) is 2. The molecule has 2 atom stereocenters. The summed E-state index contributed by atoms with van der Waals surface area (Å²) in [5.41, 5.74) is -0.137. The molecule has 1 unspecified atom stereocenters. The van der Waals surface area contributed by atoms with E-state index in [1.807, 2.05) is 27.7 Å². The molecule has 0 rings (SSSR count). The Morgan fingerprint density at radius 3 is 2.15 bits per heavy atom. The summed E-state index contributed by atoms with van der Waals surface area (Å²) in [5, 5.41) is 14.0. The number of carbonyl (C=O) groups excluding carboxylic acids is 2. The van der Waals surface area contributed by atoms with E-state index in [0.29, 0.717) is 0 Å². The average Bonchev–Trinajstić information content (AvgIpc) is 2.32. The van der Waals surface area contributed by atoms with Gasteiger partial charge in [0.2, 0.25) is 0 Å². The number of carbonyl (C=O) groups is 3. The van der Waals surface area contributed by atoms with Crippen LogP contribution in [0.25, 0.3) is 0 Å². The van der Waals surface area contributed by atoms with E-state index in [4.69, 9.17) is 5.11 Å². The van der Waals surface area contributed by atoms with Crippen LogP contribution in [0.2, 0.25) is 0 Å². The second kappa shape index (κ2) is 7.72. The summed E-state index contributed by atoms with van der Waals surface area (Å²) in [4.78, 5) is 33.7. The van der Waals surface area contributed by atoms with Crippen LogP contribution in [0.3, 0.4) is 0 Å². The number of methoxy groups -OCH3 is 1. The minimum absolute atomic E-state index is 0.0146. The van der Waals surface area contributed by atoms with Gasteiger partial charge in [-0.3, -0.25) is 4.79 Å². The minimum Gasteiger partial charge on any atom is -0.480 e. The highest BCUT2D eigenvalue weighted by Crippen LogP contribution is 2.18. The summed E-state index contributed by atoms with van der Waals surface area (Å²) in [5.74, 6) is -1.70.